The minimum atomic E-state index is 0.0218. The van der Waals surface area contributed by atoms with Crippen molar-refractivity contribution < 1.29 is 14.3 Å². The number of hydrogen-bond acceptors (Lipinski definition) is 4. The van der Waals surface area contributed by atoms with Gasteiger partial charge >= 0.3 is 0 Å². The van der Waals surface area contributed by atoms with Crippen LogP contribution < -0.4 is 4.74 Å². The molecule has 116 valence electrons. The van der Waals surface area contributed by atoms with E-state index in [2.05, 4.69) is 5.10 Å². The molecule has 0 aliphatic carbocycles. The van der Waals surface area contributed by atoms with Crippen LogP contribution >= 0.6 is 0 Å². The van der Waals surface area contributed by atoms with E-state index in [1.54, 1.807) is 11.8 Å². The van der Waals surface area contributed by atoms with Crippen molar-refractivity contribution in [1.82, 2.24) is 14.7 Å². The maximum atomic E-state index is 12.7. The van der Waals surface area contributed by atoms with E-state index in [4.69, 9.17) is 9.47 Å². The van der Waals surface area contributed by atoms with Crippen LogP contribution in [-0.4, -0.2) is 47.5 Å². The molecule has 21 heavy (non-hydrogen) atoms. The summed E-state index contributed by atoms with van der Waals surface area (Å²) in [6.07, 6.45) is 2.84. The van der Waals surface area contributed by atoms with Crippen molar-refractivity contribution in [3.05, 3.63) is 11.3 Å². The van der Waals surface area contributed by atoms with Gasteiger partial charge in [-0.2, -0.15) is 5.10 Å². The van der Waals surface area contributed by atoms with Crippen LogP contribution in [0.4, 0.5) is 0 Å². The molecule has 6 nitrogen and oxygen atoms in total. The Kier molecular flexibility index (Phi) is 3.89. The maximum absolute atomic E-state index is 12.7. The van der Waals surface area contributed by atoms with Crippen molar-refractivity contribution in [1.29, 1.82) is 0 Å². The summed E-state index contributed by atoms with van der Waals surface area (Å²) in [5.74, 6) is 1.01. The third-order valence-corrected chi connectivity index (χ3v) is 4.56. The minimum Gasteiger partial charge on any atom is -0.481 e. The highest BCUT2D eigenvalue weighted by atomic mass is 16.5. The Labute approximate surface area is 125 Å². The highest BCUT2D eigenvalue weighted by molar-refractivity contribution is 5.80. The highest BCUT2D eigenvalue weighted by Gasteiger charge is 2.38. The lowest BCUT2D eigenvalue weighted by Crippen LogP contribution is -2.36. The SMILES string of the molecule is COc1c([C@@H]2CCCN2C(=O)[C@H]2CCOC2)c(C)nn1C. The van der Waals surface area contributed by atoms with Gasteiger partial charge in [0.2, 0.25) is 11.8 Å². The van der Waals surface area contributed by atoms with Crippen molar-refractivity contribution in [3.8, 4) is 5.88 Å². The first-order chi connectivity index (χ1) is 10.1. The smallest absolute Gasteiger partial charge is 0.228 e. The Morgan fingerprint density at radius 1 is 1.43 bits per heavy atom. The van der Waals surface area contributed by atoms with Crippen LogP contribution in [0.3, 0.4) is 0 Å². The molecule has 2 atom stereocenters. The Morgan fingerprint density at radius 3 is 2.90 bits per heavy atom. The van der Waals surface area contributed by atoms with E-state index < -0.39 is 0 Å². The van der Waals surface area contributed by atoms with Gasteiger partial charge in [0.15, 0.2) is 0 Å². The van der Waals surface area contributed by atoms with Crippen LogP contribution in [0.1, 0.15) is 36.6 Å². The predicted molar refractivity (Wildman–Crippen MR) is 77.1 cm³/mol. The molecular weight excluding hydrogens is 270 g/mol. The molecule has 0 saturated carbocycles. The quantitative estimate of drug-likeness (QED) is 0.846. The number of hydrogen-bond donors (Lipinski definition) is 0. The van der Waals surface area contributed by atoms with E-state index in [1.165, 1.54) is 0 Å². The van der Waals surface area contributed by atoms with Crippen molar-refractivity contribution in [2.45, 2.75) is 32.2 Å². The number of carbonyl (C=O) groups excluding carboxylic acids is 1. The lowest BCUT2D eigenvalue weighted by atomic mass is 10.0. The molecule has 0 unspecified atom stereocenters. The van der Waals surface area contributed by atoms with E-state index in [-0.39, 0.29) is 17.9 Å². The minimum absolute atomic E-state index is 0.0218. The molecule has 1 aromatic heterocycles. The van der Waals surface area contributed by atoms with Gasteiger partial charge in [-0.15, -0.1) is 0 Å². The summed E-state index contributed by atoms with van der Waals surface area (Å²) >= 11 is 0. The summed E-state index contributed by atoms with van der Waals surface area (Å²) in [5.41, 5.74) is 2.01. The van der Waals surface area contributed by atoms with Crippen molar-refractivity contribution in [2.75, 3.05) is 26.9 Å². The Hall–Kier alpha value is -1.56. The predicted octanol–water partition coefficient (Wildman–Crippen LogP) is 1.44. The number of aryl methyl sites for hydroxylation is 2. The third-order valence-electron chi connectivity index (χ3n) is 4.56. The number of likely N-dealkylation sites (tertiary alicyclic amines) is 1. The molecule has 1 aromatic rings. The first-order valence-electron chi connectivity index (χ1n) is 7.59. The van der Waals surface area contributed by atoms with Gasteiger partial charge in [0, 0.05) is 20.2 Å². The second kappa shape index (κ2) is 5.67. The van der Waals surface area contributed by atoms with Gasteiger partial charge in [0.25, 0.3) is 0 Å². The molecule has 0 N–H and O–H groups in total. The highest BCUT2D eigenvalue weighted by Crippen LogP contribution is 2.39. The molecule has 3 rings (SSSR count). The van der Waals surface area contributed by atoms with Gasteiger partial charge in [-0.1, -0.05) is 0 Å². The number of ether oxygens (including phenoxy) is 2. The van der Waals surface area contributed by atoms with Crippen LogP contribution in [0.2, 0.25) is 0 Å². The standard InChI is InChI=1S/C15H23N3O3/c1-10-13(15(20-3)17(2)16-10)12-5-4-7-18(12)14(19)11-6-8-21-9-11/h11-12H,4-9H2,1-3H3/t11-,12-/m0/s1. The molecule has 0 aromatic carbocycles. The number of methoxy groups -OCH3 is 1. The summed E-state index contributed by atoms with van der Waals surface area (Å²) in [5, 5.41) is 4.45. The van der Waals surface area contributed by atoms with Crippen molar-refractivity contribution in [2.24, 2.45) is 13.0 Å². The fourth-order valence-corrected chi connectivity index (χ4v) is 3.57. The average molecular weight is 293 g/mol. The van der Waals surface area contributed by atoms with Crippen LogP contribution in [0.15, 0.2) is 0 Å². The third kappa shape index (κ3) is 2.41. The van der Waals surface area contributed by atoms with E-state index >= 15 is 0 Å². The zero-order valence-electron chi connectivity index (χ0n) is 13.0. The Bertz CT molecular complexity index is 535. The molecular formula is C15H23N3O3. The molecule has 6 heteroatoms. The number of amides is 1. The van der Waals surface area contributed by atoms with Gasteiger partial charge in [-0.05, 0) is 26.2 Å². The van der Waals surface area contributed by atoms with Crippen LogP contribution in [-0.2, 0) is 16.6 Å². The van der Waals surface area contributed by atoms with Gasteiger partial charge in [0.05, 0.1) is 36.9 Å². The first kappa shape index (κ1) is 14.4. The number of nitrogens with zero attached hydrogens (tertiary/aromatic N) is 3. The van der Waals surface area contributed by atoms with Crippen LogP contribution in [0.25, 0.3) is 0 Å². The fraction of sp³-hybridized carbons (Fsp3) is 0.733. The summed E-state index contributed by atoms with van der Waals surface area (Å²) in [7, 11) is 3.53. The zero-order chi connectivity index (χ0) is 15.0. The largest absolute Gasteiger partial charge is 0.481 e. The second-order valence-electron chi connectivity index (χ2n) is 5.88. The lowest BCUT2D eigenvalue weighted by molar-refractivity contribution is -0.136. The normalized spacial score (nSPS) is 25.6. The summed E-state index contributed by atoms with van der Waals surface area (Å²) in [4.78, 5) is 14.7. The Balaban J connectivity index is 1.88. The molecule has 2 aliphatic heterocycles. The van der Waals surface area contributed by atoms with Gasteiger partial charge in [-0.25, -0.2) is 4.68 Å². The second-order valence-corrected chi connectivity index (χ2v) is 5.88. The Morgan fingerprint density at radius 2 is 2.24 bits per heavy atom. The van der Waals surface area contributed by atoms with Gasteiger partial charge < -0.3 is 14.4 Å². The molecule has 0 bridgehead atoms. The van der Waals surface area contributed by atoms with Gasteiger partial charge in [-0.3, -0.25) is 4.79 Å². The molecule has 2 fully saturated rings. The average Bonchev–Trinajstić information content (AvgIpc) is 3.16. The molecule has 0 spiro atoms. The monoisotopic (exact) mass is 293 g/mol. The molecule has 3 heterocycles. The molecule has 0 radical (unpaired) electrons. The van der Waals surface area contributed by atoms with E-state index in [1.807, 2.05) is 18.9 Å². The molecule has 1 amide bonds. The number of aromatic nitrogens is 2. The van der Waals surface area contributed by atoms with Crippen molar-refractivity contribution >= 4 is 5.91 Å². The lowest BCUT2D eigenvalue weighted by Gasteiger charge is -2.27. The summed E-state index contributed by atoms with van der Waals surface area (Å²) < 4.78 is 12.6. The topological polar surface area (TPSA) is 56.6 Å². The van der Waals surface area contributed by atoms with E-state index in [0.717, 1.165) is 42.9 Å². The first-order valence-corrected chi connectivity index (χ1v) is 7.59. The van der Waals surface area contributed by atoms with Gasteiger partial charge in [0.1, 0.15) is 0 Å². The maximum Gasteiger partial charge on any atom is 0.228 e. The summed E-state index contributed by atoms with van der Waals surface area (Å²) in [6, 6.07) is 0.0850. The van der Waals surface area contributed by atoms with E-state index in [0.29, 0.717) is 13.2 Å². The zero-order valence-corrected chi connectivity index (χ0v) is 13.0. The van der Waals surface area contributed by atoms with E-state index in [9.17, 15) is 4.79 Å². The van der Waals surface area contributed by atoms with Crippen LogP contribution in [0, 0.1) is 12.8 Å². The van der Waals surface area contributed by atoms with Crippen LogP contribution in [0.5, 0.6) is 5.88 Å². The number of rotatable bonds is 3. The molecule has 2 saturated heterocycles. The molecule has 2 aliphatic rings. The van der Waals surface area contributed by atoms with Crippen molar-refractivity contribution in [3.63, 3.8) is 0 Å². The summed E-state index contributed by atoms with van der Waals surface area (Å²) in [6.45, 7) is 4.06. The number of carbonyl (C=O) groups is 1. The fourth-order valence-electron chi connectivity index (χ4n) is 3.57.